The fraction of sp³-hybridized carbons (Fsp3) is 0.600. The second-order valence-corrected chi connectivity index (χ2v) is 7.61. The number of hydrogen-bond donors (Lipinski definition) is 2. The summed E-state index contributed by atoms with van der Waals surface area (Å²) in [6.07, 6.45) is 2.07. The lowest BCUT2D eigenvalue weighted by Crippen LogP contribution is -2.42. The van der Waals surface area contributed by atoms with E-state index in [2.05, 4.69) is 28.8 Å². The van der Waals surface area contributed by atoms with Crippen LogP contribution in [0.1, 0.15) is 26.7 Å². The molecule has 118 valence electrons. The van der Waals surface area contributed by atoms with Gasteiger partial charge < -0.3 is 10.2 Å². The third kappa shape index (κ3) is 3.96. The van der Waals surface area contributed by atoms with Crippen molar-refractivity contribution in [2.75, 3.05) is 25.5 Å². The molecule has 1 fully saturated rings. The summed E-state index contributed by atoms with van der Waals surface area (Å²) >= 11 is 0. The second-order valence-electron chi connectivity index (χ2n) is 5.75. The normalized spacial score (nSPS) is 18.1. The maximum atomic E-state index is 12.0. The van der Waals surface area contributed by atoms with Gasteiger partial charge in [-0.3, -0.25) is 0 Å². The van der Waals surface area contributed by atoms with Crippen molar-refractivity contribution in [2.45, 2.75) is 43.7 Å². The van der Waals surface area contributed by atoms with E-state index in [9.17, 15) is 8.42 Å². The highest BCUT2D eigenvalue weighted by atomic mass is 32.2. The van der Waals surface area contributed by atoms with Gasteiger partial charge in [0, 0.05) is 25.2 Å². The first-order valence-electron chi connectivity index (χ1n) is 7.47. The van der Waals surface area contributed by atoms with Crippen LogP contribution in [-0.2, 0) is 10.0 Å². The Morgan fingerprint density at radius 2 is 1.81 bits per heavy atom. The number of nitrogens with zero attached hydrogens (tertiary/aromatic N) is 1. The van der Waals surface area contributed by atoms with E-state index < -0.39 is 10.0 Å². The van der Waals surface area contributed by atoms with Crippen LogP contribution in [0.3, 0.4) is 0 Å². The van der Waals surface area contributed by atoms with Gasteiger partial charge in [-0.1, -0.05) is 12.1 Å². The Bertz CT molecular complexity index is 564. The van der Waals surface area contributed by atoms with E-state index in [0.717, 1.165) is 25.9 Å². The first-order chi connectivity index (χ1) is 9.94. The summed E-state index contributed by atoms with van der Waals surface area (Å²) in [6.45, 7) is 6.53. The third-order valence-corrected chi connectivity index (χ3v) is 5.54. The molecule has 0 aliphatic carbocycles. The third-order valence-electron chi connectivity index (χ3n) is 4.06. The number of rotatable bonds is 5. The van der Waals surface area contributed by atoms with E-state index in [0.29, 0.717) is 22.7 Å². The molecule has 1 aliphatic rings. The topological polar surface area (TPSA) is 61.4 Å². The number of nitrogens with one attached hydrogen (secondary N) is 2. The molecule has 0 aromatic heterocycles. The lowest BCUT2D eigenvalue weighted by molar-refractivity contribution is 0.177. The van der Waals surface area contributed by atoms with E-state index in [1.807, 2.05) is 12.1 Å². The Morgan fingerprint density at radius 3 is 2.38 bits per heavy atom. The van der Waals surface area contributed by atoms with E-state index in [1.54, 1.807) is 12.1 Å². The van der Waals surface area contributed by atoms with E-state index in [1.165, 1.54) is 7.05 Å². The largest absolute Gasteiger partial charge is 0.381 e. The van der Waals surface area contributed by atoms with Gasteiger partial charge in [-0.2, -0.15) is 0 Å². The molecule has 1 heterocycles. The van der Waals surface area contributed by atoms with Crippen molar-refractivity contribution in [1.29, 1.82) is 0 Å². The van der Waals surface area contributed by atoms with Crippen LogP contribution in [0, 0.1) is 0 Å². The zero-order valence-corrected chi connectivity index (χ0v) is 13.8. The molecular formula is C15H25N3O2S. The molecule has 0 saturated carbocycles. The Morgan fingerprint density at radius 1 is 1.19 bits per heavy atom. The summed E-state index contributed by atoms with van der Waals surface area (Å²) in [6, 6.07) is 7.98. The number of piperidine rings is 1. The van der Waals surface area contributed by atoms with E-state index in [-0.39, 0.29) is 0 Å². The fourth-order valence-corrected chi connectivity index (χ4v) is 3.60. The number of benzene rings is 1. The van der Waals surface area contributed by atoms with Crippen molar-refractivity contribution in [3.8, 4) is 0 Å². The number of anilines is 1. The van der Waals surface area contributed by atoms with Crippen molar-refractivity contribution < 1.29 is 8.42 Å². The smallest absolute Gasteiger partial charge is 0.242 e. The standard InChI is InChI=1S/C15H25N3O2S/c1-12(2)18-10-8-13(9-11-18)17-14-6-4-5-7-15(14)21(19,20)16-3/h4-7,12-13,16-17H,8-11H2,1-3H3. The summed E-state index contributed by atoms with van der Waals surface area (Å²) in [5, 5.41) is 3.40. The minimum atomic E-state index is -3.43. The quantitative estimate of drug-likeness (QED) is 0.871. The molecule has 2 rings (SSSR count). The summed E-state index contributed by atoms with van der Waals surface area (Å²) in [7, 11) is -1.99. The molecule has 0 bridgehead atoms. The van der Waals surface area contributed by atoms with Gasteiger partial charge in [-0.25, -0.2) is 13.1 Å². The van der Waals surface area contributed by atoms with Crippen molar-refractivity contribution in [3.63, 3.8) is 0 Å². The maximum absolute atomic E-state index is 12.0. The molecule has 0 radical (unpaired) electrons. The lowest BCUT2D eigenvalue weighted by atomic mass is 10.0. The first kappa shape index (κ1) is 16.3. The molecule has 0 amide bonds. The highest BCUT2D eigenvalue weighted by Gasteiger charge is 2.23. The summed E-state index contributed by atoms with van der Waals surface area (Å²) in [5.41, 5.74) is 0.690. The van der Waals surface area contributed by atoms with Crippen molar-refractivity contribution >= 4 is 15.7 Å². The molecule has 1 aromatic rings. The molecule has 21 heavy (non-hydrogen) atoms. The first-order valence-corrected chi connectivity index (χ1v) is 8.95. The molecule has 1 saturated heterocycles. The van der Waals surface area contributed by atoms with Crippen LogP contribution >= 0.6 is 0 Å². The van der Waals surface area contributed by atoms with Gasteiger partial charge in [0.1, 0.15) is 4.90 Å². The molecular weight excluding hydrogens is 286 g/mol. The van der Waals surface area contributed by atoms with Crippen LogP contribution in [0.4, 0.5) is 5.69 Å². The predicted molar refractivity (Wildman–Crippen MR) is 86.0 cm³/mol. The molecule has 2 N–H and O–H groups in total. The lowest BCUT2D eigenvalue weighted by Gasteiger charge is -2.35. The maximum Gasteiger partial charge on any atom is 0.242 e. The molecule has 1 aliphatic heterocycles. The minimum absolute atomic E-state index is 0.318. The average molecular weight is 311 g/mol. The monoisotopic (exact) mass is 311 g/mol. The van der Waals surface area contributed by atoms with Gasteiger partial charge in [-0.15, -0.1) is 0 Å². The van der Waals surface area contributed by atoms with Crippen molar-refractivity contribution in [1.82, 2.24) is 9.62 Å². The highest BCUT2D eigenvalue weighted by molar-refractivity contribution is 7.89. The summed E-state index contributed by atoms with van der Waals surface area (Å²) in [4.78, 5) is 2.77. The fourth-order valence-electron chi connectivity index (χ4n) is 2.71. The number of sulfonamides is 1. The van der Waals surface area contributed by atoms with Gasteiger partial charge in [0.15, 0.2) is 0 Å². The number of likely N-dealkylation sites (tertiary alicyclic amines) is 1. The minimum Gasteiger partial charge on any atom is -0.381 e. The van der Waals surface area contributed by atoms with Crippen LogP contribution < -0.4 is 10.0 Å². The second kappa shape index (κ2) is 6.77. The summed E-state index contributed by atoms with van der Waals surface area (Å²) < 4.78 is 26.5. The zero-order valence-electron chi connectivity index (χ0n) is 13.0. The Balaban J connectivity index is 2.08. The summed E-state index contributed by atoms with van der Waals surface area (Å²) in [5.74, 6) is 0. The van der Waals surface area contributed by atoms with Crippen LogP contribution in [0.5, 0.6) is 0 Å². The van der Waals surface area contributed by atoms with Crippen molar-refractivity contribution in [3.05, 3.63) is 24.3 Å². The molecule has 6 heteroatoms. The van der Waals surface area contributed by atoms with Crippen LogP contribution in [0.15, 0.2) is 29.2 Å². The van der Waals surface area contributed by atoms with Gasteiger partial charge in [0.2, 0.25) is 10.0 Å². The molecule has 0 spiro atoms. The Hall–Kier alpha value is -1.11. The number of para-hydroxylation sites is 1. The predicted octanol–water partition coefficient (Wildman–Crippen LogP) is 1.88. The van der Waals surface area contributed by atoms with Crippen molar-refractivity contribution in [2.24, 2.45) is 0 Å². The molecule has 0 unspecified atom stereocenters. The van der Waals surface area contributed by atoms with Gasteiger partial charge >= 0.3 is 0 Å². The molecule has 1 aromatic carbocycles. The Labute approximate surface area is 127 Å². The van der Waals surface area contributed by atoms with Crippen LogP contribution in [-0.4, -0.2) is 45.5 Å². The Kier molecular flexibility index (Phi) is 5.24. The van der Waals surface area contributed by atoms with E-state index in [4.69, 9.17) is 0 Å². The van der Waals surface area contributed by atoms with Crippen LogP contribution in [0.25, 0.3) is 0 Å². The highest BCUT2D eigenvalue weighted by Crippen LogP contribution is 2.24. The van der Waals surface area contributed by atoms with Crippen LogP contribution in [0.2, 0.25) is 0 Å². The van der Waals surface area contributed by atoms with Gasteiger partial charge in [0.05, 0.1) is 5.69 Å². The SMILES string of the molecule is CNS(=O)(=O)c1ccccc1NC1CCN(C(C)C)CC1. The van der Waals surface area contributed by atoms with Gasteiger partial charge in [0.25, 0.3) is 0 Å². The van der Waals surface area contributed by atoms with E-state index >= 15 is 0 Å². The van der Waals surface area contributed by atoms with Gasteiger partial charge in [-0.05, 0) is 45.9 Å². The zero-order chi connectivity index (χ0) is 15.5. The molecule has 0 atom stereocenters. The molecule has 5 nitrogen and oxygen atoms in total. The average Bonchev–Trinajstić information content (AvgIpc) is 2.48. The number of hydrogen-bond acceptors (Lipinski definition) is 4.